The Kier molecular flexibility index (Phi) is 4.05. The summed E-state index contributed by atoms with van der Waals surface area (Å²) in [5, 5.41) is 3.62. The van der Waals surface area contributed by atoms with E-state index in [-0.39, 0.29) is 11.9 Å². The molecule has 0 unspecified atom stereocenters. The van der Waals surface area contributed by atoms with Crippen molar-refractivity contribution in [2.75, 3.05) is 19.8 Å². The van der Waals surface area contributed by atoms with Crippen LogP contribution >= 0.6 is 23.2 Å². The number of imide groups is 1. The number of amides is 3. The Hall–Kier alpha value is -1.30. The van der Waals surface area contributed by atoms with Gasteiger partial charge in [0.25, 0.3) is 5.91 Å². The molecule has 2 heterocycles. The summed E-state index contributed by atoms with van der Waals surface area (Å²) in [5.41, 5.74) is -0.598. The van der Waals surface area contributed by atoms with E-state index < -0.39 is 5.54 Å². The molecule has 5 nitrogen and oxygen atoms in total. The molecule has 2 saturated heterocycles. The van der Waals surface area contributed by atoms with Gasteiger partial charge < -0.3 is 5.32 Å². The van der Waals surface area contributed by atoms with Gasteiger partial charge in [0.15, 0.2) is 0 Å². The van der Waals surface area contributed by atoms with E-state index >= 15 is 0 Å². The molecule has 1 N–H and O–H groups in total. The average Bonchev–Trinajstić information content (AvgIpc) is 3.02. The van der Waals surface area contributed by atoms with Gasteiger partial charge in [-0.2, -0.15) is 0 Å². The number of hydrogen-bond donors (Lipinski definition) is 1. The molecule has 0 saturated carbocycles. The molecule has 0 radical (unpaired) electrons. The Labute approximate surface area is 139 Å². The summed E-state index contributed by atoms with van der Waals surface area (Å²) in [4.78, 5) is 28.4. The standard InChI is InChI=1S/C15H17Cl2N3O2/c1-15(11-5-4-10(16)8-12(11)17)13(21)20(14(22)18-15)9-19-6-2-3-7-19/h4-5,8H,2-3,6-7,9H2,1H3,(H,18,22)/t15-/m0/s1. The molecule has 1 aromatic rings. The summed E-state index contributed by atoms with van der Waals surface area (Å²) in [7, 11) is 0. The number of hydrogen-bond acceptors (Lipinski definition) is 3. The van der Waals surface area contributed by atoms with Gasteiger partial charge >= 0.3 is 6.03 Å². The van der Waals surface area contributed by atoms with Crippen molar-refractivity contribution in [3.8, 4) is 0 Å². The van der Waals surface area contributed by atoms with Crippen LogP contribution in [0.3, 0.4) is 0 Å². The highest BCUT2D eigenvalue weighted by atomic mass is 35.5. The number of likely N-dealkylation sites (tertiary alicyclic amines) is 1. The average molecular weight is 342 g/mol. The second-order valence-electron chi connectivity index (χ2n) is 5.88. The fraction of sp³-hybridized carbons (Fsp3) is 0.467. The topological polar surface area (TPSA) is 52.7 Å². The van der Waals surface area contributed by atoms with Crippen LogP contribution in [-0.4, -0.2) is 41.5 Å². The molecule has 0 spiro atoms. The van der Waals surface area contributed by atoms with Crippen molar-refractivity contribution in [3.05, 3.63) is 33.8 Å². The summed E-state index contributed by atoms with van der Waals surface area (Å²) < 4.78 is 0. The zero-order chi connectivity index (χ0) is 15.9. The molecule has 0 aromatic heterocycles. The van der Waals surface area contributed by atoms with Crippen LogP contribution in [0.2, 0.25) is 10.0 Å². The van der Waals surface area contributed by atoms with Crippen molar-refractivity contribution >= 4 is 35.1 Å². The van der Waals surface area contributed by atoms with Gasteiger partial charge in [-0.05, 0) is 45.0 Å². The first-order valence-electron chi connectivity index (χ1n) is 7.24. The Bertz CT molecular complexity index is 631. The predicted octanol–water partition coefficient (Wildman–Crippen LogP) is 2.81. The highest BCUT2D eigenvalue weighted by Gasteiger charge is 2.50. The normalized spacial score (nSPS) is 25.9. The van der Waals surface area contributed by atoms with Gasteiger partial charge in [0.2, 0.25) is 0 Å². The lowest BCUT2D eigenvalue weighted by Gasteiger charge is -2.25. The quantitative estimate of drug-likeness (QED) is 0.860. The number of nitrogens with zero attached hydrogens (tertiary/aromatic N) is 2. The fourth-order valence-electron chi connectivity index (χ4n) is 3.03. The molecule has 3 rings (SSSR count). The predicted molar refractivity (Wildman–Crippen MR) is 84.9 cm³/mol. The maximum absolute atomic E-state index is 12.8. The maximum atomic E-state index is 12.8. The molecule has 2 fully saturated rings. The van der Waals surface area contributed by atoms with Crippen molar-refractivity contribution in [2.24, 2.45) is 0 Å². The molecule has 3 amide bonds. The molecule has 2 aliphatic rings. The summed E-state index contributed by atoms with van der Waals surface area (Å²) in [6.45, 7) is 3.82. The smallest absolute Gasteiger partial charge is 0.319 e. The molecule has 1 atom stereocenters. The van der Waals surface area contributed by atoms with Crippen molar-refractivity contribution in [2.45, 2.75) is 25.3 Å². The molecule has 118 valence electrons. The summed E-state index contributed by atoms with van der Waals surface area (Å²) in [6.07, 6.45) is 2.20. The first-order chi connectivity index (χ1) is 10.4. The highest BCUT2D eigenvalue weighted by molar-refractivity contribution is 6.35. The third-order valence-corrected chi connectivity index (χ3v) is 4.83. The van der Waals surface area contributed by atoms with E-state index in [4.69, 9.17) is 23.2 Å². The SMILES string of the molecule is C[C@@]1(c2ccc(Cl)cc2Cl)NC(=O)N(CN2CCCC2)C1=O. The van der Waals surface area contributed by atoms with Crippen LogP contribution in [0.1, 0.15) is 25.3 Å². The molecule has 0 aliphatic carbocycles. The second-order valence-corrected chi connectivity index (χ2v) is 6.72. The second kappa shape index (κ2) is 5.72. The van der Waals surface area contributed by atoms with Crippen LogP contribution < -0.4 is 5.32 Å². The molecule has 2 aliphatic heterocycles. The fourth-order valence-corrected chi connectivity index (χ4v) is 3.62. The Morgan fingerprint density at radius 2 is 1.91 bits per heavy atom. The van der Waals surface area contributed by atoms with E-state index in [2.05, 4.69) is 10.2 Å². The summed E-state index contributed by atoms with van der Waals surface area (Å²) in [5.74, 6) is -0.284. The molecule has 0 bridgehead atoms. The minimum Gasteiger partial charge on any atom is -0.319 e. The van der Waals surface area contributed by atoms with Gasteiger partial charge in [0.05, 0.1) is 6.67 Å². The van der Waals surface area contributed by atoms with Crippen molar-refractivity contribution in [3.63, 3.8) is 0 Å². The lowest BCUT2D eigenvalue weighted by Crippen LogP contribution is -2.43. The van der Waals surface area contributed by atoms with Gasteiger partial charge in [-0.15, -0.1) is 0 Å². The van der Waals surface area contributed by atoms with Crippen molar-refractivity contribution in [1.82, 2.24) is 15.1 Å². The van der Waals surface area contributed by atoms with Crippen molar-refractivity contribution < 1.29 is 9.59 Å². The molecule has 7 heteroatoms. The Balaban J connectivity index is 1.88. The van der Waals surface area contributed by atoms with Crippen LogP contribution in [0.4, 0.5) is 4.79 Å². The third-order valence-electron chi connectivity index (χ3n) is 4.28. The highest BCUT2D eigenvalue weighted by Crippen LogP contribution is 2.35. The number of halogens is 2. The molecular weight excluding hydrogens is 325 g/mol. The lowest BCUT2D eigenvalue weighted by molar-refractivity contribution is -0.132. The van der Waals surface area contributed by atoms with Crippen LogP contribution in [0.5, 0.6) is 0 Å². The van der Waals surface area contributed by atoms with E-state index in [0.29, 0.717) is 22.3 Å². The van der Waals surface area contributed by atoms with Gasteiger partial charge in [0.1, 0.15) is 5.54 Å². The lowest BCUT2D eigenvalue weighted by atomic mass is 9.92. The monoisotopic (exact) mass is 341 g/mol. The Morgan fingerprint density at radius 1 is 1.23 bits per heavy atom. The number of carbonyl (C=O) groups excluding carboxylic acids is 2. The number of nitrogens with one attached hydrogen (secondary N) is 1. The number of rotatable bonds is 3. The van der Waals surface area contributed by atoms with E-state index in [1.807, 2.05) is 0 Å². The van der Waals surface area contributed by atoms with Gasteiger partial charge in [0, 0.05) is 15.6 Å². The van der Waals surface area contributed by atoms with Crippen LogP contribution in [0, 0.1) is 0 Å². The van der Waals surface area contributed by atoms with Gasteiger partial charge in [-0.1, -0.05) is 29.3 Å². The minimum atomic E-state index is -1.15. The zero-order valence-corrected chi connectivity index (χ0v) is 13.7. The minimum absolute atomic E-state index is 0.284. The van der Waals surface area contributed by atoms with Crippen LogP contribution in [0.25, 0.3) is 0 Å². The van der Waals surface area contributed by atoms with E-state index in [9.17, 15) is 9.59 Å². The summed E-state index contributed by atoms with van der Waals surface area (Å²) >= 11 is 12.1. The van der Waals surface area contributed by atoms with E-state index in [0.717, 1.165) is 25.9 Å². The molecule has 22 heavy (non-hydrogen) atoms. The zero-order valence-electron chi connectivity index (χ0n) is 12.2. The van der Waals surface area contributed by atoms with Crippen molar-refractivity contribution in [1.29, 1.82) is 0 Å². The van der Waals surface area contributed by atoms with Gasteiger partial charge in [-0.3, -0.25) is 9.69 Å². The molecule has 1 aromatic carbocycles. The third kappa shape index (κ3) is 2.57. The number of carbonyl (C=O) groups is 2. The van der Waals surface area contributed by atoms with E-state index in [1.54, 1.807) is 25.1 Å². The van der Waals surface area contributed by atoms with Crippen LogP contribution in [-0.2, 0) is 10.3 Å². The largest absolute Gasteiger partial charge is 0.326 e. The van der Waals surface area contributed by atoms with E-state index in [1.165, 1.54) is 4.90 Å². The first kappa shape index (κ1) is 15.6. The van der Waals surface area contributed by atoms with Crippen LogP contribution in [0.15, 0.2) is 18.2 Å². The maximum Gasteiger partial charge on any atom is 0.326 e. The number of urea groups is 1. The molecular formula is C15H17Cl2N3O2. The summed E-state index contributed by atoms with van der Waals surface area (Å²) in [6, 6.07) is 4.54. The van der Waals surface area contributed by atoms with Gasteiger partial charge in [-0.25, -0.2) is 9.69 Å². The Morgan fingerprint density at radius 3 is 2.55 bits per heavy atom. The first-order valence-corrected chi connectivity index (χ1v) is 7.99. The number of benzene rings is 1.